The van der Waals surface area contributed by atoms with E-state index in [0.29, 0.717) is 25.0 Å². The fourth-order valence-electron chi connectivity index (χ4n) is 3.50. The summed E-state index contributed by atoms with van der Waals surface area (Å²) >= 11 is 0. The summed E-state index contributed by atoms with van der Waals surface area (Å²) in [5, 5.41) is 22.5. The average Bonchev–Trinajstić information content (AvgIpc) is 2.71. The Balaban J connectivity index is 1.41. The van der Waals surface area contributed by atoms with Crippen LogP contribution in [-0.2, 0) is 11.3 Å². The maximum absolute atomic E-state index is 13.6. The fraction of sp³-hybridized carbons (Fsp3) is 0.409. The van der Waals surface area contributed by atoms with Gasteiger partial charge in [0.25, 0.3) is 5.91 Å². The van der Waals surface area contributed by atoms with Gasteiger partial charge in [-0.05, 0) is 55.9 Å². The summed E-state index contributed by atoms with van der Waals surface area (Å²) in [4.78, 5) is 12.1. The summed E-state index contributed by atoms with van der Waals surface area (Å²) in [6.45, 7) is 0.771. The van der Waals surface area contributed by atoms with Crippen LogP contribution >= 0.6 is 0 Å². The van der Waals surface area contributed by atoms with Crippen molar-refractivity contribution < 1.29 is 28.5 Å². The number of benzene rings is 2. The molecule has 0 aliphatic heterocycles. The molecule has 0 bridgehead atoms. The minimum Gasteiger partial charge on any atom is -0.505 e. The lowest BCUT2D eigenvalue weighted by molar-refractivity contribution is -0.0240. The Bertz CT molecular complexity index is 850. The lowest BCUT2D eigenvalue weighted by Gasteiger charge is -2.36. The van der Waals surface area contributed by atoms with E-state index in [1.807, 2.05) is 0 Å². The zero-order valence-corrected chi connectivity index (χ0v) is 16.0. The third-order valence-electron chi connectivity index (χ3n) is 5.39. The van der Waals surface area contributed by atoms with Crippen molar-refractivity contribution in [1.82, 2.24) is 5.32 Å². The van der Waals surface area contributed by atoms with Crippen molar-refractivity contribution in [2.45, 2.75) is 37.9 Å². The molecule has 0 atom stereocenters. The number of phenols is 1. The van der Waals surface area contributed by atoms with Gasteiger partial charge in [-0.25, -0.2) is 8.78 Å². The molecule has 0 saturated heterocycles. The maximum Gasteiger partial charge on any atom is 0.251 e. The summed E-state index contributed by atoms with van der Waals surface area (Å²) < 4.78 is 32.6. The molecular weight excluding hydrogens is 380 g/mol. The Hall–Kier alpha value is -2.51. The second kappa shape index (κ2) is 9.33. The number of phenolic OH excluding ortho intramolecular Hbond substituents is 1. The summed E-state index contributed by atoms with van der Waals surface area (Å²) in [5.41, 5.74) is -0.417. The number of aromatic hydroxyl groups is 1. The van der Waals surface area contributed by atoms with Gasteiger partial charge in [0.15, 0.2) is 11.6 Å². The molecule has 0 spiro atoms. The molecule has 1 aliphatic rings. The number of aliphatic hydroxyl groups is 1. The maximum atomic E-state index is 13.6. The van der Waals surface area contributed by atoms with Gasteiger partial charge in [0.05, 0.1) is 12.2 Å². The zero-order chi connectivity index (χ0) is 20.9. The van der Waals surface area contributed by atoms with Gasteiger partial charge >= 0.3 is 0 Å². The summed E-state index contributed by atoms with van der Waals surface area (Å²) in [5.74, 6) is -1.91. The number of halogens is 2. The van der Waals surface area contributed by atoms with Gasteiger partial charge in [-0.1, -0.05) is 18.2 Å². The number of rotatable bonds is 7. The van der Waals surface area contributed by atoms with Crippen molar-refractivity contribution in [3.05, 3.63) is 65.2 Å². The molecule has 29 heavy (non-hydrogen) atoms. The Morgan fingerprint density at radius 3 is 2.55 bits per heavy atom. The van der Waals surface area contributed by atoms with E-state index >= 15 is 0 Å². The van der Waals surface area contributed by atoms with Crippen LogP contribution in [0.15, 0.2) is 42.5 Å². The molecule has 1 fully saturated rings. The van der Waals surface area contributed by atoms with Crippen molar-refractivity contribution in [2.24, 2.45) is 5.92 Å². The van der Waals surface area contributed by atoms with Crippen LogP contribution in [0.5, 0.6) is 5.75 Å². The molecule has 1 amide bonds. The van der Waals surface area contributed by atoms with Gasteiger partial charge in [-0.15, -0.1) is 0 Å². The molecule has 2 aromatic carbocycles. The Labute approximate surface area is 168 Å². The van der Waals surface area contributed by atoms with E-state index in [2.05, 4.69) is 5.32 Å². The number of amides is 1. The second-order valence-corrected chi connectivity index (χ2v) is 7.62. The van der Waals surface area contributed by atoms with Gasteiger partial charge in [-0.3, -0.25) is 4.79 Å². The van der Waals surface area contributed by atoms with E-state index in [4.69, 9.17) is 4.74 Å². The molecule has 7 heteroatoms. The van der Waals surface area contributed by atoms with E-state index in [9.17, 15) is 23.8 Å². The smallest absolute Gasteiger partial charge is 0.251 e. The molecular formula is C22H25F2NO4. The van der Waals surface area contributed by atoms with Crippen molar-refractivity contribution in [1.29, 1.82) is 0 Å². The minimum absolute atomic E-state index is 0.0666. The Morgan fingerprint density at radius 1 is 1.14 bits per heavy atom. The van der Waals surface area contributed by atoms with Crippen molar-refractivity contribution in [3.8, 4) is 5.75 Å². The molecule has 0 heterocycles. The van der Waals surface area contributed by atoms with Crippen LogP contribution in [0, 0.1) is 17.6 Å². The molecule has 0 aromatic heterocycles. The van der Waals surface area contributed by atoms with Gasteiger partial charge in [0.2, 0.25) is 0 Å². The first-order valence-electron chi connectivity index (χ1n) is 9.66. The minimum atomic E-state index is -1.02. The standard InChI is InChI=1S/C22H25F2NO4/c23-18-4-2-1-3-17(18)13-29-12-15-7-9-22(28,10-8-15)14-25-21(27)16-5-6-20(26)19(24)11-16/h1-6,11,15,26,28H,7-10,12-14H2,(H,25,27)/t15-,22+. The summed E-state index contributed by atoms with van der Waals surface area (Å²) in [6.07, 6.45) is 2.48. The predicted molar refractivity (Wildman–Crippen MR) is 103 cm³/mol. The predicted octanol–water partition coefficient (Wildman–Crippen LogP) is 3.54. The van der Waals surface area contributed by atoms with E-state index in [1.54, 1.807) is 18.2 Å². The third-order valence-corrected chi connectivity index (χ3v) is 5.39. The first-order valence-corrected chi connectivity index (χ1v) is 9.66. The lowest BCUT2D eigenvalue weighted by Crippen LogP contribution is -2.45. The normalized spacial score (nSPS) is 21.7. The van der Waals surface area contributed by atoms with Crippen LogP contribution in [0.4, 0.5) is 8.78 Å². The monoisotopic (exact) mass is 405 g/mol. The Morgan fingerprint density at radius 2 is 1.86 bits per heavy atom. The van der Waals surface area contributed by atoms with Gasteiger partial charge < -0.3 is 20.3 Å². The van der Waals surface area contributed by atoms with Crippen LogP contribution in [0.25, 0.3) is 0 Å². The summed E-state index contributed by atoms with van der Waals surface area (Å²) in [6, 6.07) is 9.89. The highest BCUT2D eigenvalue weighted by Gasteiger charge is 2.33. The number of ether oxygens (including phenoxy) is 1. The number of carbonyl (C=O) groups is 1. The number of nitrogens with one attached hydrogen (secondary N) is 1. The first kappa shape index (κ1) is 21.2. The van der Waals surface area contributed by atoms with Gasteiger partial charge in [-0.2, -0.15) is 0 Å². The highest BCUT2D eigenvalue weighted by Crippen LogP contribution is 2.32. The van der Waals surface area contributed by atoms with Crippen LogP contribution in [0.2, 0.25) is 0 Å². The topological polar surface area (TPSA) is 78.8 Å². The summed E-state index contributed by atoms with van der Waals surface area (Å²) in [7, 11) is 0. The highest BCUT2D eigenvalue weighted by molar-refractivity contribution is 5.94. The van der Waals surface area contributed by atoms with Gasteiger partial charge in [0.1, 0.15) is 5.82 Å². The van der Waals surface area contributed by atoms with E-state index < -0.39 is 23.1 Å². The van der Waals surface area contributed by atoms with E-state index in [0.717, 1.165) is 25.0 Å². The molecule has 5 nitrogen and oxygen atoms in total. The molecule has 0 radical (unpaired) electrons. The van der Waals surface area contributed by atoms with Crippen LogP contribution in [-0.4, -0.2) is 34.9 Å². The van der Waals surface area contributed by atoms with Gasteiger partial charge in [0, 0.05) is 24.3 Å². The molecule has 3 N–H and O–H groups in total. The number of carbonyl (C=O) groups excluding carboxylic acids is 1. The molecule has 156 valence electrons. The van der Waals surface area contributed by atoms with E-state index in [1.165, 1.54) is 12.1 Å². The second-order valence-electron chi connectivity index (χ2n) is 7.62. The van der Waals surface area contributed by atoms with Crippen molar-refractivity contribution in [3.63, 3.8) is 0 Å². The molecule has 3 rings (SSSR count). The lowest BCUT2D eigenvalue weighted by atomic mass is 9.79. The fourth-order valence-corrected chi connectivity index (χ4v) is 3.50. The van der Waals surface area contributed by atoms with E-state index in [-0.39, 0.29) is 30.5 Å². The molecule has 1 aliphatic carbocycles. The molecule has 0 unspecified atom stereocenters. The van der Waals surface area contributed by atoms with Crippen molar-refractivity contribution in [2.75, 3.05) is 13.2 Å². The average molecular weight is 405 g/mol. The van der Waals surface area contributed by atoms with Crippen molar-refractivity contribution >= 4 is 5.91 Å². The largest absolute Gasteiger partial charge is 0.505 e. The van der Waals surface area contributed by atoms with Crippen LogP contribution < -0.4 is 5.32 Å². The SMILES string of the molecule is O=C(NC[C@]1(O)CC[C@@H](COCc2ccccc2F)CC1)c1ccc(O)c(F)c1. The molecule has 1 saturated carbocycles. The third kappa shape index (κ3) is 5.74. The van der Waals surface area contributed by atoms with Crippen LogP contribution in [0.3, 0.4) is 0 Å². The molecule has 2 aromatic rings. The highest BCUT2D eigenvalue weighted by atomic mass is 19.1. The number of hydrogen-bond acceptors (Lipinski definition) is 4. The van der Waals surface area contributed by atoms with Crippen LogP contribution in [0.1, 0.15) is 41.6 Å². The number of hydrogen-bond donors (Lipinski definition) is 3. The first-order chi connectivity index (χ1) is 13.9. The Kier molecular flexibility index (Phi) is 6.82. The zero-order valence-electron chi connectivity index (χ0n) is 16.0. The quantitative estimate of drug-likeness (QED) is 0.658.